The van der Waals surface area contributed by atoms with Crippen molar-refractivity contribution in [1.82, 2.24) is 4.98 Å². The molecule has 0 aliphatic carbocycles. The minimum absolute atomic E-state index is 0.0380. The number of esters is 1. The quantitative estimate of drug-likeness (QED) is 0.388. The summed E-state index contributed by atoms with van der Waals surface area (Å²) in [6.07, 6.45) is 2.72. The Morgan fingerprint density at radius 1 is 1.03 bits per heavy atom. The van der Waals surface area contributed by atoms with Crippen LogP contribution in [0.25, 0.3) is 11.0 Å². The van der Waals surface area contributed by atoms with Crippen molar-refractivity contribution < 1.29 is 31.6 Å². The maximum absolute atomic E-state index is 13.7. The highest BCUT2D eigenvalue weighted by Crippen LogP contribution is 2.34. The van der Waals surface area contributed by atoms with Gasteiger partial charge < -0.3 is 9.15 Å². The number of fused-ring (bicyclic) bond motifs is 1. The summed E-state index contributed by atoms with van der Waals surface area (Å²) in [7, 11) is -3.29. The summed E-state index contributed by atoms with van der Waals surface area (Å²) >= 11 is 0. The van der Waals surface area contributed by atoms with Gasteiger partial charge >= 0.3 is 5.97 Å². The fourth-order valence-electron chi connectivity index (χ4n) is 3.67. The van der Waals surface area contributed by atoms with Gasteiger partial charge in [0.2, 0.25) is 0 Å². The smallest absolute Gasteiger partial charge is 0.342 e. The van der Waals surface area contributed by atoms with Gasteiger partial charge in [-0.1, -0.05) is 0 Å². The molecule has 0 aliphatic heterocycles. The fraction of sp³-hybridized carbons (Fsp3) is 0.125. The lowest BCUT2D eigenvalue weighted by Crippen LogP contribution is -2.37. The maximum atomic E-state index is 13.7. The fourth-order valence-corrected chi connectivity index (χ4v) is 5.28. The topological polar surface area (TPSA) is 107 Å². The molecule has 0 spiro atoms. The van der Waals surface area contributed by atoms with Crippen LogP contribution in [0.15, 0.2) is 70.2 Å². The van der Waals surface area contributed by atoms with Gasteiger partial charge in [0.1, 0.15) is 22.7 Å². The SMILES string of the molecule is COC(=O)c1c(C)oc2ccc(N(C(=O)c3ccncc3)S(=O)(=O)c3ccc(F)cc3C)cc12. The molecule has 10 heteroatoms. The van der Waals surface area contributed by atoms with Gasteiger partial charge in [-0.2, -0.15) is 4.31 Å². The van der Waals surface area contributed by atoms with Crippen molar-refractivity contribution in [3.63, 3.8) is 0 Å². The number of methoxy groups -OCH3 is 1. The number of anilines is 1. The number of carbonyl (C=O) groups excluding carboxylic acids is 2. The summed E-state index contributed by atoms with van der Waals surface area (Å²) in [6, 6.07) is 10.2. The van der Waals surface area contributed by atoms with E-state index >= 15 is 0 Å². The van der Waals surface area contributed by atoms with E-state index in [-0.39, 0.29) is 38.4 Å². The van der Waals surface area contributed by atoms with E-state index in [1.54, 1.807) is 6.92 Å². The summed E-state index contributed by atoms with van der Waals surface area (Å²) in [5.41, 5.74) is 0.585. The van der Waals surface area contributed by atoms with Crippen LogP contribution in [0.2, 0.25) is 0 Å². The first-order valence-corrected chi connectivity index (χ1v) is 11.5. The number of rotatable bonds is 5. The maximum Gasteiger partial charge on any atom is 0.342 e. The molecule has 0 N–H and O–H groups in total. The average molecular weight is 482 g/mol. The Hall–Kier alpha value is -4.05. The molecule has 0 atom stereocenters. The molecule has 1 amide bonds. The predicted octanol–water partition coefficient (Wildman–Crippen LogP) is 4.41. The molecule has 0 saturated heterocycles. The lowest BCUT2D eigenvalue weighted by atomic mass is 10.1. The number of hydrogen-bond acceptors (Lipinski definition) is 7. The van der Waals surface area contributed by atoms with Crippen LogP contribution in [0.4, 0.5) is 10.1 Å². The van der Waals surface area contributed by atoms with Gasteiger partial charge in [-0.3, -0.25) is 9.78 Å². The molecule has 174 valence electrons. The second-order valence-corrected chi connectivity index (χ2v) is 9.18. The molecule has 2 heterocycles. The Morgan fingerprint density at radius 2 is 1.74 bits per heavy atom. The molecule has 2 aromatic heterocycles. The molecule has 0 fully saturated rings. The summed E-state index contributed by atoms with van der Waals surface area (Å²) in [5.74, 6) is -1.85. The Morgan fingerprint density at radius 3 is 2.38 bits per heavy atom. The molecule has 2 aromatic carbocycles. The number of ether oxygens (including phenoxy) is 1. The van der Waals surface area contributed by atoms with Gasteiger partial charge in [-0.05, 0) is 67.9 Å². The molecule has 4 aromatic rings. The molecule has 0 radical (unpaired) electrons. The van der Waals surface area contributed by atoms with Crippen molar-refractivity contribution in [2.75, 3.05) is 11.4 Å². The lowest BCUT2D eigenvalue weighted by Gasteiger charge is -2.23. The second kappa shape index (κ2) is 8.71. The molecular formula is C24H19FN2O6S. The van der Waals surface area contributed by atoms with Gasteiger partial charge in [0.15, 0.2) is 0 Å². The minimum atomic E-state index is -4.50. The van der Waals surface area contributed by atoms with Crippen molar-refractivity contribution in [1.29, 1.82) is 0 Å². The van der Waals surface area contributed by atoms with Crippen LogP contribution < -0.4 is 4.31 Å². The molecule has 0 saturated carbocycles. The number of halogens is 1. The van der Waals surface area contributed by atoms with Gasteiger partial charge in [-0.15, -0.1) is 0 Å². The largest absolute Gasteiger partial charge is 0.465 e. The van der Waals surface area contributed by atoms with E-state index in [2.05, 4.69) is 4.98 Å². The third-order valence-corrected chi connectivity index (χ3v) is 7.11. The number of sulfonamides is 1. The van der Waals surface area contributed by atoms with E-state index in [4.69, 9.17) is 9.15 Å². The summed E-state index contributed by atoms with van der Waals surface area (Å²) in [5, 5.41) is 0.278. The van der Waals surface area contributed by atoms with Crippen LogP contribution in [0.3, 0.4) is 0 Å². The van der Waals surface area contributed by atoms with E-state index < -0.39 is 27.7 Å². The highest BCUT2D eigenvalue weighted by Gasteiger charge is 2.34. The highest BCUT2D eigenvalue weighted by atomic mass is 32.2. The number of amides is 1. The van der Waals surface area contributed by atoms with E-state index in [0.29, 0.717) is 9.89 Å². The first-order valence-electron chi connectivity index (χ1n) is 10.0. The van der Waals surface area contributed by atoms with E-state index in [9.17, 15) is 22.4 Å². The summed E-state index contributed by atoms with van der Waals surface area (Å²) < 4.78 is 52.2. The van der Waals surface area contributed by atoms with Crippen LogP contribution in [0, 0.1) is 19.7 Å². The zero-order valence-corrected chi connectivity index (χ0v) is 19.2. The standard InChI is InChI=1S/C24H19FN2O6S/c1-14-12-17(25)4-7-21(14)34(30,31)27(23(28)16-8-10-26-11-9-16)18-5-6-20-19(13-18)22(15(2)33-20)24(29)32-3/h4-13H,1-3H3. The monoisotopic (exact) mass is 482 g/mol. The van der Waals surface area contributed by atoms with Crippen molar-refractivity contribution in [3.8, 4) is 0 Å². The zero-order valence-electron chi connectivity index (χ0n) is 18.4. The third-order valence-electron chi connectivity index (χ3n) is 5.24. The average Bonchev–Trinajstić information content (AvgIpc) is 3.13. The number of aromatic nitrogens is 1. The summed E-state index contributed by atoms with van der Waals surface area (Å²) in [6.45, 7) is 3.01. The number of furan rings is 1. The number of aryl methyl sites for hydroxylation is 2. The van der Waals surface area contributed by atoms with Crippen molar-refractivity contribution in [2.24, 2.45) is 0 Å². The van der Waals surface area contributed by atoms with Crippen molar-refractivity contribution in [3.05, 3.63) is 89.2 Å². The molecule has 4 rings (SSSR count). The van der Waals surface area contributed by atoms with Crippen LogP contribution in [-0.2, 0) is 14.8 Å². The predicted molar refractivity (Wildman–Crippen MR) is 122 cm³/mol. The van der Waals surface area contributed by atoms with E-state index in [1.807, 2.05) is 0 Å². The van der Waals surface area contributed by atoms with Crippen LogP contribution >= 0.6 is 0 Å². The van der Waals surface area contributed by atoms with E-state index in [1.165, 1.54) is 56.8 Å². The molecule has 0 bridgehead atoms. The second-order valence-electron chi connectivity index (χ2n) is 7.43. The third kappa shape index (κ3) is 3.92. The first kappa shape index (κ1) is 23.1. The van der Waals surface area contributed by atoms with Gasteiger partial charge in [0.05, 0.1) is 17.7 Å². The van der Waals surface area contributed by atoms with Crippen LogP contribution in [0.5, 0.6) is 0 Å². The Kier molecular flexibility index (Phi) is 5.92. The Bertz CT molecular complexity index is 1530. The number of pyridine rings is 1. The van der Waals surface area contributed by atoms with Crippen LogP contribution in [0.1, 0.15) is 32.0 Å². The van der Waals surface area contributed by atoms with Gasteiger partial charge in [0, 0.05) is 23.3 Å². The Labute approximate surface area is 194 Å². The summed E-state index contributed by atoms with van der Waals surface area (Å²) in [4.78, 5) is 29.4. The van der Waals surface area contributed by atoms with E-state index in [0.717, 1.165) is 18.2 Å². The normalized spacial score (nSPS) is 11.4. The van der Waals surface area contributed by atoms with Gasteiger partial charge in [0.25, 0.3) is 15.9 Å². The lowest BCUT2D eigenvalue weighted by molar-refractivity contribution is 0.0600. The van der Waals surface area contributed by atoms with Gasteiger partial charge in [-0.25, -0.2) is 17.6 Å². The number of hydrogen-bond donors (Lipinski definition) is 0. The number of carbonyl (C=O) groups is 2. The highest BCUT2D eigenvalue weighted by molar-refractivity contribution is 7.93. The zero-order chi connectivity index (χ0) is 24.6. The number of nitrogens with zero attached hydrogens (tertiary/aromatic N) is 2. The first-order chi connectivity index (χ1) is 16.1. The van der Waals surface area contributed by atoms with Crippen molar-refractivity contribution >= 4 is 38.6 Å². The molecule has 34 heavy (non-hydrogen) atoms. The molecule has 0 aliphatic rings. The molecule has 0 unspecified atom stereocenters. The molecular weight excluding hydrogens is 463 g/mol. The number of benzene rings is 2. The molecule has 8 nitrogen and oxygen atoms in total. The van der Waals surface area contributed by atoms with Crippen LogP contribution in [-0.4, -0.2) is 32.4 Å². The van der Waals surface area contributed by atoms with Crippen molar-refractivity contribution in [2.45, 2.75) is 18.7 Å². The Balaban J connectivity index is 1.98. The minimum Gasteiger partial charge on any atom is -0.465 e.